The molecule has 3 atom stereocenters. The molecule has 3 rings (SSSR count). The molecule has 2 saturated heterocycles. The van der Waals surface area contributed by atoms with Crippen molar-refractivity contribution < 1.29 is 19.1 Å². The molecule has 2 aliphatic heterocycles. The van der Waals surface area contributed by atoms with Gasteiger partial charge in [0.25, 0.3) is 5.91 Å². The summed E-state index contributed by atoms with van der Waals surface area (Å²) in [5, 5.41) is 9.81. The zero-order valence-corrected chi connectivity index (χ0v) is 17.5. The fourth-order valence-electron chi connectivity index (χ4n) is 3.35. The van der Waals surface area contributed by atoms with Gasteiger partial charge in [-0.25, -0.2) is 0 Å². The molecule has 0 unspecified atom stereocenters. The number of nitrogens with zero attached hydrogens (tertiary/aromatic N) is 1. The number of hydrogen-bond acceptors (Lipinski definition) is 4. The number of hydrogen-bond donors (Lipinski definition) is 1. The number of aliphatic hydroxyl groups excluding tert-OH is 1. The average molecular weight is 378 g/mol. The van der Waals surface area contributed by atoms with E-state index in [4.69, 9.17) is 9.16 Å². The number of carbonyl (C=O) groups excluding carboxylic acids is 1. The Bertz CT molecular complexity index is 658. The van der Waals surface area contributed by atoms with Crippen molar-refractivity contribution in [2.24, 2.45) is 0 Å². The Morgan fingerprint density at radius 1 is 1.35 bits per heavy atom. The summed E-state index contributed by atoms with van der Waals surface area (Å²) in [6.45, 7) is 11.9. The largest absolute Gasteiger partial charge is 0.414 e. The van der Waals surface area contributed by atoms with Gasteiger partial charge in [0.1, 0.15) is 6.10 Å². The molecule has 144 valence electrons. The molecule has 2 aliphatic rings. The van der Waals surface area contributed by atoms with Crippen molar-refractivity contribution in [1.82, 2.24) is 4.90 Å². The summed E-state index contributed by atoms with van der Waals surface area (Å²) in [4.78, 5) is 14.9. The van der Waals surface area contributed by atoms with Gasteiger partial charge in [0.15, 0.2) is 13.9 Å². The number of rotatable bonds is 6. The van der Waals surface area contributed by atoms with E-state index in [1.165, 1.54) is 0 Å². The van der Waals surface area contributed by atoms with Crippen molar-refractivity contribution in [3.63, 3.8) is 0 Å². The van der Waals surface area contributed by atoms with Crippen LogP contribution in [0.25, 0.3) is 0 Å². The first-order chi connectivity index (χ1) is 12.1. The van der Waals surface area contributed by atoms with Gasteiger partial charge >= 0.3 is 0 Å². The molecule has 0 radical (unpaired) electrons. The van der Waals surface area contributed by atoms with Crippen LogP contribution in [0.3, 0.4) is 0 Å². The van der Waals surface area contributed by atoms with Crippen LogP contribution < -0.4 is 0 Å². The first kappa shape index (κ1) is 19.5. The second-order valence-corrected chi connectivity index (χ2v) is 13.7. The van der Waals surface area contributed by atoms with Crippen LogP contribution in [0.2, 0.25) is 18.1 Å². The summed E-state index contributed by atoms with van der Waals surface area (Å²) < 4.78 is 12.0. The number of epoxide rings is 1. The van der Waals surface area contributed by atoms with E-state index < -0.39 is 13.9 Å². The summed E-state index contributed by atoms with van der Waals surface area (Å²) in [6, 6.07) is 9.87. The van der Waals surface area contributed by atoms with Gasteiger partial charge < -0.3 is 19.2 Å². The molecule has 1 aromatic carbocycles. The second-order valence-electron chi connectivity index (χ2n) is 8.94. The molecule has 0 saturated carbocycles. The van der Waals surface area contributed by atoms with Crippen LogP contribution in [-0.4, -0.2) is 55.7 Å². The van der Waals surface area contributed by atoms with Gasteiger partial charge in [0.05, 0.1) is 19.3 Å². The smallest absolute Gasteiger partial charge is 0.260 e. The SMILES string of the molecule is CC(C)(C)[Si](C)(C)OC[C@@H](c1ccccc1)N1CC[C@H]2O[C@@]2(CO)C1=O. The van der Waals surface area contributed by atoms with E-state index in [0.29, 0.717) is 13.2 Å². The number of benzene rings is 1. The van der Waals surface area contributed by atoms with Crippen LogP contribution in [0.5, 0.6) is 0 Å². The standard InChI is InChI=1S/C20H31NO4Si/c1-19(2,3)26(4,5)24-13-16(15-9-7-6-8-10-15)21-12-11-17-20(14-22,25-17)18(21)23/h6-10,16-17,22H,11-14H2,1-5H3/t16-,17+,20+/m0/s1. The monoisotopic (exact) mass is 377 g/mol. The fourth-order valence-corrected chi connectivity index (χ4v) is 4.36. The lowest BCUT2D eigenvalue weighted by Crippen LogP contribution is -2.52. The zero-order valence-electron chi connectivity index (χ0n) is 16.5. The fraction of sp³-hybridized carbons (Fsp3) is 0.650. The molecule has 2 heterocycles. The number of amides is 1. The Morgan fingerprint density at radius 2 is 2.00 bits per heavy atom. The highest BCUT2D eigenvalue weighted by atomic mass is 28.4. The van der Waals surface area contributed by atoms with Gasteiger partial charge in [0.2, 0.25) is 0 Å². The van der Waals surface area contributed by atoms with Crippen LogP contribution in [0.4, 0.5) is 0 Å². The third-order valence-electron chi connectivity index (χ3n) is 6.27. The number of piperidine rings is 1. The zero-order chi connectivity index (χ0) is 19.2. The molecular formula is C20H31NO4Si. The van der Waals surface area contributed by atoms with Gasteiger partial charge in [-0.05, 0) is 30.1 Å². The summed E-state index contributed by atoms with van der Waals surface area (Å²) in [5.41, 5.74) is 0.0502. The van der Waals surface area contributed by atoms with Gasteiger partial charge in [-0.3, -0.25) is 4.79 Å². The molecule has 5 nitrogen and oxygen atoms in total. The Morgan fingerprint density at radius 3 is 2.58 bits per heavy atom. The normalized spacial score (nSPS) is 27.2. The Balaban J connectivity index is 1.84. The molecule has 1 N–H and O–H groups in total. The number of ether oxygens (including phenoxy) is 1. The lowest BCUT2D eigenvalue weighted by atomic mass is 9.94. The minimum absolute atomic E-state index is 0.107. The van der Waals surface area contributed by atoms with E-state index in [1.807, 2.05) is 35.2 Å². The first-order valence-corrected chi connectivity index (χ1v) is 12.3. The van der Waals surface area contributed by atoms with E-state index in [1.54, 1.807) is 0 Å². The maximum atomic E-state index is 13.1. The van der Waals surface area contributed by atoms with Crippen LogP contribution in [0.1, 0.15) is 38.8 Å². The van der Waals surface area contributed by atoms with Gasteiger partial charge in [-0.15, -0.1) is 0 Å². The van der Waals surface area contributed by atoms with Crippen molar-refractivity contribution in [3.05, 3.63) is 35.9 Å². The first-order valence-electron chi connectivity index (χ1n) is 9.41. The summed E-state index contributed by atoms with van der Waals surface area (Å²) in [5.74, 6) is -0.107. The van der Waals surface area contributed by atoms with Gasteiger partial charge in [-0.2, -0.15) is 0 Å². The second kappa shape index (κ2) is 6.75. The van der Waals surface area contributed by atoms with Crippen LogP contribution >= 0.6 is 0 Å². The molecule has 26 heavy (non-hydrogen) atoms. The van der Waals surface area contributed by atoms with Gasteiger partial charge in [0, 0.05) is 6.54 Å². The lowest BCUT2D eigenvalue weighted by Gasteiger charge is -2.41. The highest BCUT2D eigenvalue weighted by Crippen LogP contribution is 2.46. The third kappa shape index (κ3) is 3.35. The molecule has 2 fully saturated rings. The number of fused-ring (bicyclic) bond motifs is 1. The minimum Gasteiger partial charge on any atom is -0.414 e. The van der Waals surface area contributed by atoms with Crippen LogP contribution in [0.15, 0.2) is 30.3 Å². The van der Waals surface area contributed by atoms with E-state index >= 15 is 0 Å². The third-order valence-corrected chi connectivity index (χ3v) is 10.8. The lowest BCUT2D eigenvalue weighted by molar-refractivity contribution is -0.142. The Hall–Kier alpha value is -1.21. The summed E-state index contributed by atoms with van der Waals surface area (Å²) in [6.07, 6.45) is 0.629. The molecule has 0 bridgehead atoms. The van der Waals surface area contributed by atoms with E-state index in [0.717, 1.165) is 12.0 Å². The van der Waals surface area contributed by atoms with E-state index in [9.17, 15) is 9.90 Å². The molecule has 1 aromatic rings. The van der Waals surface area contributed by atoms with Crippen LogP contribution in [0, 0.1) is 0 Å². The van der Waals surface area contributed by atoms with E-state index in [-0.39, 0.29) is 29.7 Å². The maximum Gasteiger partial charge on any atom is 0.260 e. The highest BCUT2D eigenvalue weighted by molar-refractivity contribution is 6.74. The molecule has 6 heteroatoms. The van der Waals surface area contributed by atoms with Crippen molar-refractivity contribution in [2.45, 2.75) is 63.1 Å². The molecule has 0 aromatic heterocycles. The van der Waals surface area contributed by atoms with Gasteiger partial charge in [-0.1, -0.05) is 51.1 Å². The molecular weight excluding hydrogens is 346 g/mol. The predicted octanol–water partition coefficient (Wildman–Crippen LogP) is 3.11. The predicted molar refractivity (Wildman–Crippen MR) is 103 cm³/mol. The number of carbonyl (C=O) groups is 1. The molecule has 1 amide bonds. The van der Waals surface area contributed by atoms with Crippen LogP contribution in [-0.2, 0) is 14.0 Å². The van der Waals surface area contributed by atoms with Crippen molar-refractivity contribution in [2.75, 3.05) is 19.8 Å². The molecule has 0 spiro atoms. The molecule has 0 aliphatic carbocycles. The Kier molecular flexibility index (Phi) is 5.07. The number of likely N-dealkylation sites (tertiary alicyclic amines) is 1. The van der Waals surface area contributed by atoms with Crippen molar-refractivity contribution in [3.8, 4) is 0 Å². The minimum atomic E-state index is -1.94. The Labute approximate surface area is 157 Å². The van der Waals surface area contributed by atoms with E-state index in [2.05, 4.69) is 33.9 Å². The summed E-state index contributed by atoms with van der Waals surface area (Å²) in [7, 11) is -1.94. The number of aliphatic hydroxyl groups is 1. The summed E-state index contributed by atoms with van der Waals surface area (Å²) >= 11 is 0. The highest BCUT2D eigenvalue weighted by Gasteiger charge is 2.66. The van der Waals surface area contributed by atoms with Crippen molar-refractivity contribution in [1.29, 1.82) is 0 Å². The quantitative estimate of drug-likeness (QED) is 0.611. The van der Waals surface area contributed by atoms with Crippen molar-refractivity contribution >= 4 is 14.2 Å². The topological polar surface area (TPSA) is 62.3 Å². The average Bonchev–Trinajstić information content (AvgIpc) is 3.33. The maximum absolute atomic E-state index is 13.1.